The molecule has 3 aromatic rings. The first-order chi connectivity index (χ1) is 14.1. The lowest BCUT2D eigenvalue weighted by molar-refractivity contribution is 0.0341. The van der Waals surface area contributed by atoms with Crippen molar-refractivity contribution >= 4 is 23.2 Å². The van der Waals surface area contributed by atoms with E-state index in [-0.39, 0.29) is 11.1 Å². The fourth-order valence-electron chi connectivity index (χ4n) is 3.27. The van der Waals surface area contributed by atoms with Gasteiger partial charge in [-0.3, -0.25) is 18.9 Å². The second-order valence-electron chi connectivity index (χ2n) is 6.94. The molecule has 4 rings (SSSR count). The van der Waals surface area contributed by atoms with Gasteiger partial charge in [-0.1, -0.05) is 23.7 Å². The molecule has 0 saturated carbocycles. The van der Waals surface area contributed by atoms with Crippen LogP contribution >= 0.6 is 11.6 Å². The smallest absolute Gasteiger partial charge is 0.269 e. The van der Waals surface area contributed by atoms with Crippen LogP contribution in [0.2, 0.25) is 5.02 Å². The molecule has 0 radical (unpaired) electrons. The van der Waals surface area contributed by atoms with Crippen molar-refractivity contribution in [2.75, 3.05) is 26.3 Å². The van der Waals surface area contributed by atoms with Crippen molar-refractivity contribution in [2.24, 2.45) is 0 Å². The SMILES string of the molecule is O=C(NCc1ccc(Cl)cc1)c1ccc2ncc(CN3CCOCC3)cn2c1=O. The fourth-order valence-corrected chi connectivity index (χ4v) is 3.40. The molecule has 1 aromatic carbocycles. The molecule has 0 bridgehead atoms. The van der Waals surface area contributed by atoms with E-state index < -0.39 is 5.91 Å². The van der Waals surface area contributed by atoms with Crippen molar-refractivity contribution in [3.63, 3.8) is 0 Å². The van der Waals surface area contributed by atoms with Crippen LogP contribution in [-0.2, 0) is 17.8 Å². The quantitative estimate of drug-likeness (QED) is 0.694. The molecule has 1 fully saturated rings. The van der Waals surface area contributed by atoms with Gasteiger partial charge < -0.3 is 10.1 Å². The highest BCUT2D eigenvalue weighted by Gasteiger charge is 2.15. The molecule has 1 amide bonds. The molecule has 3 heterocycles. The summed E-state index contributed by atoms with van der Waals surface area (Å²) in [5.41, 5.74) is 2.03. The summed E-state index contributed by atoms with van der Waals surface area (Å²) in [6.45, 7) is 4.11. The van der Waals surface area contributed by atoms with Gasteiger partial charge in [0, 0.05) is 49.2 Å². The highest BCUT2D eigenvalue weighted by molar-refractivity contribution is 6.30. The number of nitrogens with zero attached hydrogens (tertiary/aromatic N) is 3. The van der Waals surface area contributed by atoms with Gasteiger partial charge in [0.25, 0.3) is 11.5 Å². The molecule has 2 aromatic heterocycles. The number of fused-ring (bicyclic) bond motifs is 1. The molecule has 1 N–H and O–H groups in total. The molecule has 8 heteroatoms. The zero-order valence-electron chi connectivity index (χ0n) is 15.8. The number of nitrogens with one attached hydrogen (secondary N) is 1. The summed E-state index contributed by atoms with van der Waals surface area (Å²) in [6, 6.07) is 10.4. The Morgan fingerprint density at radius 2 is 1.86 bits per heavy atom. The van der Waals surface area contributed by atoms with Crippen molar-refractivity contribution in [3.8, 4) is 0 Å². The van der Waals surface area contributed by atoms with Gasteiger partial charge in [0.2, 0.25) is 0 Å². The third kappa shape index (κ3) is 4.64. The van der Waals surface area contributed by atoms with Crippen LogP contribution in [0, 0.1) is 0 Å². The minimum Gasteiger partial charge on any atom is -0.379 e. The van der Waals surface area contributed by atoms with Crippen LogP contribution in [0.25, 0.3) is 5.65 Å². The first-order valence-electron chi connectivity index (χ1n) is 9.43. The van der Waals surface area contributed by atoms with Crippen LogP contribution < -0.4 is 10.9 Å². The van der Waals surface area contributed by atoms with Gasteiger partial charge >= 0.3 is 0 Å². The Hall–Kier alpha value is -2.74. The van der Waals surface area contributed by atoms with Crippen molar-refractivity contribution in [1.82, 2.24) is 19.6 Å². The number of carbonyl (C=O) groups excluding carboxylic acids is 1. The second-order valence-corrected chi connectivity index (χ2v) is 7.38. The van der Waals surface area contributed by atoms with Crippen LogP contribution in [0.5, 0.6) is 0 Å². The summed E-state index contributed by atoms with van der Waals surface area (Å²) >= 11 is 5.87. The van der Waals surface area contributed by atoms with Gasteiger partial charge in [-0.05, 0) is 29.8 Å². The van der Waals surface area contributed by atoms with E-state index in [9.17, 15) is 9.59 Å². The number of aromatic nitrogens is 2. The zero-order chi connectivity index (χ0) is 20.2. The molecule has 0 atom stereocenters. The molecule has 150 valence electrons. The van der Waals surface area contributed by atoms with Crippen LogP contribution in [0.15, 0.2) is 53.6 Å². The molecule has 7 nitrogen and oxygen atoms in total. The number of carbonyl (C=O) groups is 1. The van der Waals surface area contributed by atoms with E-state index in [2.05, 4.69) is 15.2 Å². The van der Waals surface area contributed by atoms with Gasteiger partial charge in [0.15, 0.2) is 0 Å². The number of benzene rings is 1. The maximum Gasteiger partial charge on any atom is 0.269 e. The first kappa shape index (κ1) is 19.6. The number of hydrogen-bond donors (Lipinski definition) is 1. The van der Waals surface area contributed by atoms with Crippen molar-refractivity contribution in [1.29, 1.82) is 0 Å². The van der Waals surface area contributed by atoms with Gasteiger partial charge in [-0.25, -0.2) is 4.98 Å². The Morgan fingerprint density at radius 3 is 2.62 bits per heavy atom. The number of rotatable bonds is 5. The number of halogens is 1. The van der Waals surface area contributed by atoms with E-state index in [0.717, 1.165) is 24.2 Å². The second kappa shape index (κ2) is 8.73. The van der Waals surface area contributed by atoms with Crippen molar-refractivity contribution in [3.05, 3.63) is 80.9 Å². The lowest BCUT2D eigenvalue weighted by atomic mass is 10.2. The minimum atomic E-state index is -0.419. The molecular formula is C21H21ClN4O3. The van der Waals surface area contributed by atoms with Crippen LogP contribution in [0.3, 0.4) is 0 Å². The van der Waals surface area contributed by atoms with E-state index in [1.807, 2.05) is 12.1 Å². The maximum absolute atomic E-state index is 12.9. The first-order valence-corrected chi connectivity index (χ1v) is 9.81. The third-order valence-electron chi connectivity index (χ3n) is 4.87. The molecule has 0 spiro atoms. The molecular weight excluding hydrogens is 392 g/mol. The Balaban J connectivity index is 1.52. The van der Waals surface area contributed by atoms with Gasteiger partial charge in [0.1, 0.15) is 11.2 Å². The highest BCUT2D eigenvalue weighted by Crippen LogP contribution is 2.10. The monoisotopic (exact) mass is 412 g/mol. The predicted octanol–water partition coefficient (Wildman–Crippen LogP) is 2.11. The van der Waals surface area contributed by atoms with E-state index >= 15 is 0 Å². The van der Waals surface area contributed by atoms with E-state index in [1.165, 1.54) is 10.5 Å². The number of hydrogen-bond acceptors (Lipinski definition) is 5. The molecule has 0 unspecified atom stereocenters. The molecule has 0 aliphatic carbocycles. The van der Waals surface area contributed by atoms with Crippen LogP contribution in [0.1, 0.15) is 21.5 Å². The van der Waals surface area contributed by atoms with Gasteiger partial charge in [-0.15, -0.1) is 0 Å². The van der Waals surface area contributed by atoms with E-state index in [4.69, 9.17) is 16.3 Å². The maximum atomic E-state index is 12.9. The van der Waals surface area contributed by atoms with Gasteiger partial charge in [-0.2, -0.15) is 0 Å². The molecule has 1 saturated heterocycles. The number of pyridine rings is 1. The van der Waals surface area contributed by atoms with Crippen molar-refractivity contribution < 1.29 is 9.53 Å². The number of ether oxygens (including phenoxy) is 1. The largest absolute Gasteiger partial charge is 0.379 e. The van der Waals surface area contributed by atoms with Crippen LogP contribution in [0.4, 0.5) is 0 Å². The zero-order valence-corrected chi connectivity index (χ0v) is 16.6. The lowest BCUT2D eigenvalue weighted by Gasteiger charge is -2.26. The summed E-state index contributed by atoms with van der Waals surface area (Å²) in [6.07, 6.45) is 3.53. The van der Waals surface area contributed by atoms with E-state index in [0.29, 0.717) is 37.0 Å². The average molecular weight is 413 g/mol. The minimum absolute atomic E-state index is 0.0850. The summed E-state index contributed by atoms with van der Waals surface area (Å²) in [7, 11) is 0. The third-order valence-corrected chi connectivity index (χ3v) is 5.13. The highest BCUT2D eigenvalue weighted by atomic mass is 35.5. The Morgan fingerprint density at radius 1 is 1.10 bits per heavy atom. The van der Waals surface area contributed by atoms with Gasteiger partial charge in [0.05, 0.1) is 13.2 Å². The van der Waals surface area contributed by atoms with E-state index in [1.54, 1.807) is 30.6 Å². The Bertz CT molecular complexity index is 1080. The topological polar surface area (TPSA) is 75.9 Å². The Labute approximate surface area is 172 Å². The molecule has 1 aliphatic heterocycles. The summed E-state index contributed by atoms with van der Waals surface area (Å²) in [5, 5.41) is 3.42. The summed E-state index contributed by atoms with van der Waals surface area (Å²) in [5.74, 6) is -0.419. The summed E-state index contributed by atoms with van der Waals surface area (Å²) < 4.78 is 6.80. The molecule has 29 heavy (non-hydrogen) atoms. The standard InChI is InChI=1S/C21H21ClN4O3/c22-17-3-1-15(2-4-17)11-24-20(27)18-5-6-19-23-12-16(14-26(19)21(18)28)13-25-7-9-29-10-8-25/h1-6,12,14H,7-11,13H2,(H,24,27). The number of morpholine rings is 1. The Kier molecular flexibility index (Phi) is 5.89. The predicted molar refractivity (Wildman–Crippen MR) is 110 cm³/mol. The molecule has 1 aliphatic rings. The summed E-state index contributed by atoms with van der Waals surface area (Å²) in [4.78, 5) is 32.1. The lowest BCUT2D eigenvalue weighted by Crippen LogP contribution is -2.36. The van der Waals surface area contributed by atoms with Crippen molar-refractivity contribution in [2.45, 2.75) is 13.1 Å². The normalized spacial score (nSPS) is 14.8. The van der Waals surface area contributed by atoms with Crippen LogP contribution in [-0.4, -0.2) is 46.5 Å². The average Bonchev–Trinajstić information content (AvgIpc) is 2.74. The fraction of sp³-hybridized carbons (Fsp3) is 0.286. The number of amides is 1.